The number of hydrogen-bond acceptors (Lipinski definition) is 4. The minimum absolute atomic E-state index is 0.00203. The number of nitrogens with zero attached hydrogens (tertiary/aromatic N) is 2. The van der Waals surface area contributed by atoms with Gasteiger partial charge in [0.15, 0.2) is 0 Å². The second kappa shape index (κ2) is 8.73. The number of thioether (sulfide) groups is 1. The van der Waals surface area contributed by atoms with Gasteiger partial charge in [0.25, 0.3) is 5.91 Å². The van der Waals surface area contributed by atoms with Crippen LogP contribution in [0.2, 0.25) is 0 Å². The molecular formula is C17H29N3O2S. The molecule has 6 heteroatoms. The summed E-state index contributed by atoms with van der Waals surface area (Å²) in [5.74, 6) is 1.32. The predicted octanol–water partition coefficient (Wildman–Crippen LogP) is 1.84. The highest BCUT2D eigenvalue weighted by Crippen LogP contribution is 2.23. The molecule has 2 rings (SSSR count). The van der Waals surface area contributed by atoms with E-state index < -0.39 is 0 Å². The normalized spacial score (nSPS) is 24.0. The molecule has 1 unspecified atom stereocenters. The van der Waals surface area contributed by atoms with Crippen molar-refractivity contribution < 1.29 is 9.59 Å². The van der Waals surface area contributed by atoms with Crippen molar-refractivity contribution in [3.05, 3.63) is 11.6 Å². The van der Waals surface area contributed by atoms with Crippen molar-refractivity contribution in [1.29, 1.82) is 0 Å². The molecule has 0 spiro atoms. The topological polar surface area (TPSA) is 52.7 Å². The number of rotatable bonds is 5. The fourth-order valence-corrected chi connectivity index (χ4v) is 4.32. The summed E-state index contributed by atoms with van der Waals surface area (Å²) in [4.78, 5) is 29.2. The number of hydrogen-bond donors (Lipinski definition) is 1. The summed E-state index contributed by atoms with van der Waals surface area (Å²) in [6, 6.07) is -0.0722. The van der Waals surface area contributed by atoms with Gasteiger partial charge in [0.1, 0.15) is 6.04 Å². The van der Waals surface area contributed by atoms with Crippen LogP contribution in [0.3, 0.4) is 0 Å². The number of likely N-dealkylation sites (tertiary alicyclic amines) is 1. The molecule has 0 aromatic rings. The Kier molecular flexibility index (Phi) is 6.96. The highest BCUT2D eigenvalue weighted by atomic mass is 32.2. The molecule has 5 nitrogen and oxygen atoms in total. The third-order valence-corrected chi connectivity index (χ3v) is 5.69. The number of piperidine rings is 1. The highest BCUT2D eigenvalue weighted by molar-refractivity contribution is 7.99. The molecule has 1 N–H and O–H groups in total. The predicted molar refractivity (Wildman–Crippen MR) is 95.3 cm³/mol. The van der Waals surface area contributed by atoms with Gasteiger partial charge in [-0.15, -0.1) is 11.8 Å². The molecule has 0 bridgehead atoms. The van der Waals surface area contributed by atoms with Gasteiger partial charge in [-0.1, -0.05) is 19.9 Å². The van der Waals surface area contributed by atoms with E-state index in [9.17, 15) is 9.59 Å². The van der Waals surface area contributed by atoms with Crippen LogP contribution in [0.1, 0.15) is 40.0 Å². The summed E-state index contributed by atoms with van der Waals surface area (Å²) in [5, 5.41) is 3.17. The van der Waals surface area contributed by atoms with Crippen molar-refractivity contribution >= 4 is 23.6 Å². The SMILES string of the molecule is CCC=C(C)C(=O)N1CSCC1C(=O)NC1CCN(CC)CC1. The lowest BCUT2D eigenvalue weighted by atomic mass is 10.0. The summed E-state index contributed by atoms with van der Waals surface area (Å²) < 4.78 is 0. The van der Waals surface area contributed by atoms with Gasteiger partial charge < -0.3 is 15.1 Å². The molecule has 0 radical (unpaired) electrons. The van der Waals surface area contributed by atoms with Crippen molar-refractivity contribution in [1.82, 2.24) is 15.1 Å². The van der Waals surface area contributed by atoms with E-state index in [-0.39, 0.29) is 23.9 Å². The zero-order chi connectivity index (χ0) is 16.8. The third-order valence-electron chi connectivity index (χ3n) is 4.67. The van der Waals surface area contributed by atoms with Gasteiger partial charge in [-0.3, -0.25) is 9.59 Å². The standard InChI is InChI=1S/C17H29N3O2S/c1-4-6-13(3)17(22)20-12-23-11-15(20)16(21)18-14-7-9-19(5-2)10-8-14/h6,14-15H,4-5,7-12H2,1-3H3,(H,18,21). The third kappa shape index (κ3) is 4.73. The Morgan fingerprint density at radius 2 is 1.96 bits per heavy atom. The first-order valence-corrected chi connectivity index (χ1v) is 9.80. The number of amides is 2. The van der Waals surface area contributed by atoms with Crippen LogP contribution in [0.4, 0.5) is 0 Å². The van der Waals surface area contributed by atoms with Crippen LogP contribution in [0, 0.1) is 0 Å². The summed E-state index contributed by atoms with van der Waals surface area (Å²) >= 11 is 1.66. The summed E-state index contributed by atoms with van der Waals surface area (Å²) in [6.45, 7) is 9.19. The smallest absolute Gasteiger partial charge is 0.250 e. The van der Waals surface area contributed by atoms with E-state index in [1.807, 2.05) is 19.9 Å². The average Bonchev–Trinajstić information content (AvgIpc) is 3.04. The van der Waals surface area contributed by atoms with Gasteiger partial charge in [0.2, 0.25) is 5.91 Å². The number of allylic oxidation sites excluding steroid dienone is 1. The molecule has 0 aromatic carbocycles. The molecule has 2 aliphatic heterocycles. The lowest BCUT2D eigenvalue weighted by Crippen LogP contribution is -2.52. The molecule has 1 atom stereocenters. The van der Waals surface area contributed by atoms with Crippen molar-refractivity contribution in [3.8, 4) is 0 Å². The van der Waals surface area contributed by atoms with E-state index >= 15 is 0 Å². The van der Waals surface area contributed by atoms with Gasteiger partial charge in [-0.2, -0.15) is 0 Å². The van der Waals surface area contributed by atoms with Gasteiger partial charge >= 0.3 is 0 Å². The fourth-order valence-electron chi connectivity index (χ4n) is 3.17. The number of nitrogens with one attached hydrogen (secondary N) is 1. The summed E-state index contributed by atoms with van der Waals surface area (Å²) in [6.07, 6.45) is 4.77. The lowest BCUT2D eigenvalue weighted by Gasteiger charge is -2.32. The number of carbonyl (C=O) groups is 2. The van der Waals surface area contributed by atoms with E-state index in [0.717, 1.165) is 44.5 Å². The molecule has 0 aliphatic carbocycles. The van der Waals surface area contributed by atoms with Crippen molar-refractivity contribution in [2.24, 2.45) is 0 Å². The Bertz CT molecular complexity index is 459. The van der Waals surface area contributed by atoms with Gasteiger partial charge in [-0.05, 0) is 32.7 Å². The maximum absolute atomic E-state index is 12.6. The Morgan fingerprint density at radius 3 is 2.57 bits per heavy atom. The van der Waals surface area contributed by atoms with Crippen LogP contribution in [-0.4, -0.2) is 65.0 Å². The van der Waals surface area contributed by atoms with E-state index in [1.54, 1.807) is 16.7 Å². The maximum atomic E-state index is 12.6. The van der Waals surface area contributed by atoms with E-state index in [2.05, 4.69) is 17.1 Å². The Labute approximate surface area is 143 Å². The van der Waals surface area contributed by atoms with Gasteiger partial charge in [-0.25, -0.2) is 0 Å². The van der Waals surface area contributed by atoms with Crippen LogP contribution >= 0.6 is 11.8 Å². The average molecular weight is 340 g/mol. The van der Waals surface area contributed by atoms with E-state index in [0.29, 0.717) is 11.6 Å². The number of carbonyl (C=O) groups excluding carboxylic acids is 2. The minimum Gasteiger partial charge on any atom is -0.351 e. The summed E-state index contributed by atoms with van der Waals surface area (Å²) in [7, 11) is 0. The Balaban J connectivity index is 1.91. The minimum atomic E-state index is -0.322. The zero-order valence-electron chi connectivity index (χ0n) is 14.5. The quantitative estimate of drug-likeness (QED) is 0.777. The van der Waals surface area contributed by atoms with Crippen molar-refractivity contribution in [2.75, 3.05) is 31.3 Å². The molecule has 130 valence electrons. The van der Waals surface area contributed by atoms with Crippen molar-refractivity contribution in [2.45, 2.75) is 52.1 Å². The molecule has 2 heterocycles. The zero-order valence-corrected chi connectivity index (χ0v) is 15.3. The first kappa shape index (κ1) is 18.3. The molecule has 2 fully saturated rings. The largest absolute Gasteiger partial charge is 0.351 e. The Hall–Kier alpha value is -1.01. The molecule has 0 saturated carbocycles. The second-order valence-electron chi connectivity index (χ2n) is 6.30. The van der Waals surface area contributed by atoms with Crippen LogP contribution in [0.15, 0.2) is 11.6 Å². The van der Waals surface area contributed by atoms with Crippen LogP contribution < -0.4 is 5.32 Å². The second-order valence-corrected chi connectivity index (χ2v) is 7.30. The highest BCUT2D eigenvalue weighted by Gasteiger charge is 2.36. The molecular weight excluding hydrogens is 310 g/mol. The monoisotopic (exact) mass is 339 g/mol. The Morgan fingerprint density at radius 1 is 1.26 bits per heavy atom. The summed E-state index contributed by atoms with van der Waals surface area (Å²) in [5.41, 5.74) is 0.740. The maximum Gasteiger partial charge on any atom is 0.250 e. The van der Waals surface area contributed by atoms with Crippen molar-refractivity contribution in [3.63, 3.8) is 0 Å². The van der Waals surface area contributed by atoms with E-state index in [1.165, 1.54) is 0 Å². The van der Waals surface area contributed by atoms with Gasteiger partial charge in [0, 0.05) is 30.5 Å². The molecule has 2 saturated heterocycles. The van der Waals surface area contributed by atoms with Crippen LogP contribution in [0.5, 0.6) is 0 Å². The first-order valence-electron chi connectivity index (χ1n) is 8.65. The molecule has 0 aromatic heterocycles. The molecule has 2 aliphatic rings. The lowest BCUT2D eigenvalue weighted by molar-refractivity contribution is -0.135. The van der Waals surface area contributed by atoms with Crippen LogP contribution in [-0.2, 0) is 9.59 Å². The fraction of sp³-hybridized carbons (Fsp3) is 0.765. The molecule has 23 heavy (non-hydrogen) atoms. The van der Waals surface area contributed by atoms with Gasteiger partial charge in [0.05, 0.1) is 5.88 Å². The van der Waals surface area contributed by atoms with E-state index in [4.69, 9.17) is 0 Å². The molecule has 2 amide bonds. The van der Waals surface area contributed by atoms with Crippen LogP contribution in [0.25, 0.3) is 0 Å². The first-order chi connectivity index (χ1) is 11.1.